The van der Waals surface area contributed by atoms with Gasteiger partial charge in [-0.3, -0.25) is 0 Å². The highest BCUT2D eigenvalue weighted by Crippen LogP contribution is 2.29. The number of carbonyl (C=O) groups is 1. The predicted molar refractivity (Wildman–Crippen MR) is 63.8 cm³/mol. The molecule has 1 fully saturated rings. The van der Waals surface area contributed by atoms with E-state index in [2.05, 4.69) is 17.0 Å². The molecule has 17 heavy (non-hydrogen) atoms. The summed E-state index contributed by atoms with van der Waals surface area (Å²) in [7, 11) is 1.35. The maximum absolute atomic E-state index is 11.2. The predicted octanol–water partition coefficient (Wildman–Crippen LogP) is 2.52. The molecule has 1 heterocycles. The summed E-state index contributed by atoms with van der Waals surface area (Å²) in [5.74, 6) is 1.44. The number of nitrogens with one attached hydrogen (secondary N) is 1. The molecule has 1 aliphatic carbocycles. The first-order chi connectivity index (χ1) is 8.10. The first-order valence-electron chi connectivity index (χ1n) is 6.04. The minimum Gasteiger partial charge on any atom is -0.463 e. The van der Waals surface area contributed by atoms with Gasteiger partial charge in [-0.2, -0.15) is 0 Å². The molecule has 1 saturated carbocycles. The zero-order valence-corrected chi connectivity index (χ0v) is 10.5. The largest absolute Gasteiger partial charge is 0.463 e. The van der Waals surface area contributed by atoms with Crippen LogP contribution >= 0.6 is 0 Å². The summed E-state index contributed by atoms with van der Waals surface area (Å²) in [5.41, 5.74) is 0. The molecule has 1 unspecified atom stereocenters. The maximum Gasteiger partial charge on any atom is 0.373 e. The van der Waals surface area contributed by atoms with Crippen LogP contribution in [0.1, 0.15) is 49.0 Å². The Kier molecular flexibility index (Phi) is 3.52. The molecule has 2 rings (SSSR count). The third kappa shape index (κ3) is 2.69. The van der Waals surface area contributed by atoms with Gasteiger partial charge < -0.3 is 14.5 Å². The Morgan fingerprint density at radius 1 is 1.53 bits per heavy atom. The summed E-state index contributed by atoms with van der Waals surface area (Å²) in [4.78, 5) is 11.2. The zero-order chi connectivity index (χ0) is 12.4. The second-order valence-corrected chi connectivity index (χ2v) is 4.86. The van der Waals surface area contributed by atoms with Crippen LogP contribution < -0.4 is 5.32 Å². The SMILES string of the molecule is COC(=O)c1ccc(C(C)NC2CC(C)C2)o1. The fraction of sp³-hybridized carbons (Fsp3) is 0.615. The van der Waals surface area contributed by atoms with Crippen LogP contribution in [0.3, 0.4) is 0 Å². The molecule has 4 nitrogen and oxygen atoms in total. The van der Waals surface area contributed by atoms with Gasteiger partial charge in [-0.15, -0.1) is 0 Å². The highest BCUT2D eigenvalue weighted by atomic mass is 16.5. The van der Waals surface area contributed by atoms with E-state index in [1.54, 1.807) is 6.07 Å². The minimum atomic E-state index is -0.430. The van der Waals surface area contributed by atoms with Crippen LogP contribution in [-0.2, 0) is 4.74 Å². The number of methoxy groups -OCH3 is 1. The molecule has 0 aromatic carbocycles. The van der Waals surface area contributed by atoms with Gasteiger partial charge in [-0.05, 0) is 37.8 Å². The standard InChI is InChI=1S/C13H19NO3/c1-8-6-10(7-8)14-9(2)11-4-5-12(17-11)13(15)16-3/h4-5,8-10,14H,6-7H2,1-3H3. The van der Waals surface area contributed by atoms with Gasteiger partial charge in [-0.25, -0.2) is 4.79 Å². The molecule has 1 atom stereocenters. The van der Waals surface area contributed by atoms with E-state index in [1.165, 1.54) is 20.0 Å². The highest BCUT2D eigenvalue weighted by Gasteiger charge is 2.27. The van der Waals surface area contributed by atoms with E-state index in [1.807, 2.05) is 13.0 Å². The molecular weight excluding hydrogens is 218 g/mol. The van der Waals surface area contributed by atoms with Gasteiger partial charge in [-0.1, -0.05) is 6.92 Å². The Morgan fingerprint density at radius 3 is 2.82 bits per heavy atom. The quantitative estimate of drug-likeness (QED) is 0.817. The molecule has 1 N–H and O–H groups in total. The first kappa shape index (κ1) is 12.2. The molecule has 1 aromatic rings. The maximum atomic E-state index is 11.2. The Labute approximate surface area is 101 Å². The molecule has 0 bridgehead atoms. The van der Waals surface area contributed by atoms with Gasteiger partial charge >= 0.3 is 5.97 Å². The van der Waals surface area contributed by atoms with Crippen molar-refractivity contribution >= 4 is 5.97 Å². The Balaban J connectivity index is 1.92. The topological polar surface area (TPSA) is 51.5 Å². The molecular formula is C13H19NO3. The van der Waals surface area contributed by atoms with Gasteiger partial charge in [0.25, 0.3) is 0 Å². The molecule has 0 saturated heterocycles. The van der Waals surface area contributed by atoms with E-state index in [0.717, 1.165) is 11.7 Å². The van der Waals surface area contributed by atoms with Crippen molar-refractivity contribution in [3.63, 3.8) is 0 Å². The summed E-state index contributed by atoms with van der Waals surface area (Å²) in [5, 5.41) is 3.49. The second kappa shape index (κ2) is 4.92. The van der Waals surface area contributed by atoms with Crippen LogP contribution in [0.5, 0.6) is 0 Å². The lowest BCUT2D eigenvalue weighted by Gasteiger charge is -2.35. The number of carbonyl (C=O) groups excluding carboxylic acids is 1. The third-order valence-corrected chi connectivity index (χ3v) is 3.30. The van der Waals surface area contributed by atoms with Crippen molar-refractivity contribution in [2.75, 3.05) is 7.11 Å². The van der Waals surface area contributed by atoms with Crippen molar-refractivity contribution in [3.05, 3.63) is 23.7 Å². The summed E-state index contributed by atoms with van der Waals surface area (Å²) in [6, 6.07) is 4.19. The van der Waals surface area contributed by atoms with Gasteiger partial charge in [0.05, 0.1) is 13.2 Å². The smallest absolute Gasteiger partial charge is 0.373 e. The average Bonchev–Trinajstić information content (AvgIpc) is 2.75. The van der Waals surface area contributed by atoms with Crippen LogP contribution in [-0.4, -0.2) is 19.1 Å². The van der Waals surface area contributed by atoms with Crippen molar-refractivity contribution in [1.82, 2.24) is 5.32 Å². The Hall–Kier alpha value is -1.29. The molecule has 0 aliphatic heterocycles. The van der Waals surface area contributed by atoms with Crippen molar-refractivity contribution in [1.29, 1.82) is 0 Å². The monoisotopic (exact) mass is 237 g/mol. The molecule has 0 spiro atoms. The molecule has 4 heteroatoms. The number of rotatable bonds is 4. The van der Waals surface area contributed by atoms with E-state index in [-0.39, 0.29) is 11.8 Å². The first-order valence-corrected chi connectivity index (χ1v) is 6.04. The van der Waals surface area contributed by atoms with Crippen LogP contribution in [0.25, 0.3) is 0 Å². The number of ether oxygens (including phenoxy) is 1. The lowest BCUT2D eigenvalue weighted by atomic mass is 9.81. The van der Waals surface area contributed by atoms with Crippen molar-refractivity contribution in [2.24, 2.45) is 5.92 Å². The van der Waals surface area contributed by atoms with Crippen LogP contribution in [0, 0.1) is 5.92 Å². The fourth-order valence-electron chi connectivity index (χ4n) is 2.27. The van der Waals surface area contributed by atoms with Gasteiger partial charge in [0.1, 0.15) is 5.76 Å². The molecule has 0 amide bonds. The summed E-state index contributed by atoms with van der Waals surface area (Å²) in [6.45, 7) is 4.30. The summed E-state index contributed by atoms with van der Waals surface area (Å²) < 4.78 is 10.1. The van der Waals surface area contributed by atoms with Crippen LogP contribution in [0.4, 0.5) is 0 Å². The number of hydrogen-bond acceptors (Lipinski definition) is 4. The molecule has 0 radical (unpaired) electrons. The average molecular weight is 237 g/mol. The van der Waals surface area contributed by atoms with E-state index in [9.17, 15) is 4.79 Å². The summed E-state index contributed by atoms with van der Waals surface area (Å²) >= 11 is 0. The van der Waals surface area contributed by atoms with E-state index >= 15 is 0 Å². The highest BCUT2D eigenvalue weighted by molar-refractivity contribution is 5.86. The number of hydrogen-bond donors (Lipinski definition) is 1. The van der Waals surface area contributed by atoms with Crippen LogP contribution in [0.2, 0.25) is 0 Å². The molecule has 1 aromatic heterocycles. The summed E-state index contributed by atoms with van der Waals surface area (Å²) in [6.07, 6.45) is 2.43. The van der Waals surface area contributed by atoms with Gasteiger partial charge in [0, 0.05) is 6.04 Å². The fourth-order valence-corrected chi connectivity index (χ4v) is 2.27. The zero-order valence-electron chi connectivity index (χ0n) is 10.5. The van der Waals surface area contributed by atoms with E-state index < -0.39 is 5.97 Å². The van der Waals surface area contributed by atoms with E-state index in [0.29, 0.717) is 6.04 Å². The van der Waals surface area contributed by atoms with Gasteiger partial charge in [0.15, 0.2) is 0 Å². The van der Waals surface area contributed by atoms with Crippen molar-refractivity contribution < 1.29 is 13.9 Å². The van der Waals surface area contributed by atoms with Crippen molar-refractivity contribution in [2.45, 2.75) is 38.8 Å². The van der Waals surface area contributed by atoms with E-state index in [4.69, 9.17) is 4.42 Å². The van der Waals surface area contributed by atoms with Gasteiger partial charge in [0.2, 0.25) is 5.76 Å². The Bertz CT molecular complexity index is 393. The Morgan fingerprint density at radius 2 is 2.24 bits per heavy atom. The number of esters is 1. The molecule has 1 aliphatic rings. The third-order valence-electron chi connectivity index (χ3n) is 3.30. The van der Waals surface area contributed by atoms with Crippen molar-refractivity contribution in [3.8, 4) is 0 Å². The lowest BCUT2D eigenvalue weighted by molar-refractivity contribution is 0.0561. The number of furan rings is 1. The lowest BCUT2D eigenvalue weighted by Crippen LogP contribution is -2.41. The molecule has 94 valence electrons. The normalized spacial score (nSPS) is 25.1. The van der Waals surface area contributed by atoms with Crippen LogP contribution in [0.15, 0.2) is 16.5 Å². The second-order valence-electron chi connectivity index (χ2n) is 4.86. The minimum absolute atomic E-state index is 0.130.